The number of hydrogen-bond acceptors (Lipinski definition) is 22. The third kappa shape index (κ3) is 29.8. The Balaban J connectivity index is 1.54. The number of thiol groups is 2. The van der Waals surface area contributed by atoms with Crippen LogP contribution in [0.1, 0.15) is 123 Å². The van der Waals surface area contributed by atoms with Crippen molar-refractivity contribution in [3.63, 3.8) is 0 Å². The van der Waals surface area contributed by atoms with Gasteiger partial charge >= 0.3 is 5.97 Å². The highest BCUT2D eigenvalue weighted by molar-refractivity contribution is 7.82. The summed E-state index contributed by atoms with van der Waals surface area (Å²) in [6.07, 6.45) is -5.99. The molecule has 0 radical (unpaired) electrons. The smallest absolute Gasteiger partial charge is 0.303 e. The summed E-state index contributed by atoms with van der Waals surface area (Å²) in [7, 11) is 0. The van der Waals surface area contributed by atoms with Crippen LogP contribution in [0.4, 0.5) is 0 Å². The molecule has 0 unspecified atom stereocenters. The number of aliphatic hydroxyl groups excluding tert-OH is 1. The predicted octanol–water partition coefficient (Wildman–Crippen LogP) is -3.79. The summed E-state index contributed by atoms with van der Waals surface area (Å²) < 4.78 is -2.86. The molecular formula is C76H104N18O20S2. The lowest BCUT2D eigenvalue weighted by Gasteiger charge is -2.34. The van der Waals surface area contributed by atoms with E-state index < -0.39 is 240 Å². The normalized spacial score (nSPS) is 14.8. The van der Waals surface area contributed by atoms with Gasteiger partial charge in [0.1, 0.15) is 71.7 Å². The fraction of sp³-hybridized carbons (Fsp3) is 0.461. The Labute approximate surface area is 678 Å². The van der Waals surface area contributed by atoms with Crippen molar-refractivity contribution in [2.45, 2.75) is 207 Å². The molecule has 0 fully saturated rings. The summed E-state index contributed by atoms with van der Waals surface area (Å²) in [5.74, 6) is -18.5. The van der Waals surface area contributed by atoms with Crippen LogP contribution in [0.3, 0.4) is 0 Å². The minimum Gasteiger partial charge on any atom is -0.508 e. The first-order chi connectivity index (χ1) is 54.3. The van der Waals surface area contributed by atoms with E-state index >= 15 is 24.0 Å². The Morgan fingerprint density at radius 3 is 1.49 bits per heavy atom. The number of phenols is 1. The van der Waals surface area contributed by atoms with E-state index in [1.165, 1.54) is 65.1 Å². The van der Waals surface area contributed by atoms with E-state index in [1.54, 1.807) is 66.7 Å². The summed E-state index contributed by atoms with van der Waals surface area (Å²) in [5, 5.41) is 62.8. The molecule has 0 saturated heterocycles. The lowest BCUT2D eigenvalue weighted by Crippen LogP contribution is -2.65. The van der Waals surface area contributed by atoms with Crippen molar-refractivity contribution in [2.24, 2.45) is 28.7 Å². The van der Waals surface area contributed by atoms with Gasteiger partial charge in [-0.15, -0.1) is 0 Å². The van der Waals surface area contributed by atoms with Crippen LogP contribution in [-0.2, 0) is 101 Å². The van der Waals surface area contributed by atoms with Crippen LogP contribution < -0.4 is 92.5 Å². The molecule has 0 bridgehead atoms. The van der Waals surface area contributed by atoms with Crippen molar-refractivity contribution in [1.29, 1.82) is 0 Å². The second kappa shape index (κ2) is 43.5. The molecule has 16 amide bonds. The predicted molar refractivity (Wildman–Crippen MR) is 429 cm³/mol. The molecule has 38 nitrogen and oxygen atoms in total. The molecule has 116 heavy (non-hydrogen) atoms. The summed E-state index contributed by atoms with van der Waals surface area (Å²) in [6, 6.07) is 6.93. The average Bonchev–Trinajstić information content (AvgIpc) is 1.33. The number of nitrogens with two attached hydrogens (primary N) is 5. The molecule has 1 aromatic heterocycles. The number of carboxylic acids is 1. The molecule has 0 spiro atoms. The molecule has 40 heteroatoms. The molecule has 5 aromatic rings. The fourth-order valence-electron chi connectivity index (χ4n) is 12.2. The van der Waals surface area contributed by atoms with Crippen molar-refractivity contribution in [1.82, 2.24) is 68.8 Å². The Morgan fingerprint density at radius 1 is 0.474 bits per heavy atom. The number of aliphatic hydroxyl groups is 1. The highest BCUT2D eigenvalue weighted by atomic mass is 32.1. The van der Waals surface area contributed by atoms with Crippen molar-refractivity contribution >= 4 is 147 Å². The third-order valence-corrected chi connectivity index (χ3v) is 19.0. The topological polar surface area (TPSA) is 641 Å². The third-order valence-electron chi connectivity index (χ3n) is 18.5. The minimum absolute atomic E-state index is 0.00452. The number of rotatable bonds is 47. The number of benzene rings is 4. The SMILES string of the molecule is CC(=O)N[C@H](C(=O)N[C@@H](CCC(N)=O)C(=O)N[C@H](C(=O)N[C@@H](Cc1c[nH]c2ccccc12)C(=O)N[C@@H](CCC(N)=O)C(=O)N[C@H](C(=O)N[C@@H](Cc1ccc(O)cc1)C(=O)N[C@@H](Cc1cccc2ccccc12)C(=O)N[C@@](C)(CCCN)C(=O)N[C@@H](CCC(=O)O)C(=O)N[C@@H](CC(N)=O)C(=O)NCC(N)=O)C(C)(C)S)[C@@H](C)O)C(C)(C)S. The number of phenolic OH excluding ortho intramolecular Hbond substituents is 1. The van der Waals surface area contributed by atoms with Gasteiger partial charge in [0, 0.05) is 72.0 Å². The van der Waals surface area contributed by atoms with Crippen LogP contribution in [0, 0.1) is 0 Å². The van der Waals surface area contributed by atoms with Gasteiger partial charge in [-0.2, -0.15) is 25.3 Å². The van der Waals surface area contributed by atoms with Crippen LogP contribution >= 0.6 is 25.3 Å². The van der Waals surface area contributed by atoms with Crippen LogP contribution in [0.25, 0.3) is 21.7 Å². The largest absolute Gasteiger partial charge is 0.508 e. The van der Waals surface area contributed by atoms with Gasteiger partial charge < -0.3 is 113 Å². The molecule has 1 heterocycles. The number of carbonyl (C=O) groups is 17. The second-order valence-corrected chi connectivity index (χ2v) is 31.6. The number of aromatic nitrogens is 1. The number of H-pyrrole nitrogens is 1. The molecule has 12 atom stereocenters. The van der Waals surface area contributed by atoms with Gasteiger partial charge in [0.2, 0.25) is 94.5 Å². The van der Waals surface area contributed by atoms with Gasteiger partial charge in [-0.3, -0.25) is 81.5 Å². The molecule has 4 aromatic carbocycles. The van der Waals surface area contributed by atoms with E-state index in [9.17, 15) is 72.9 Å². The Morgan fingerprint density at radius 2 is 0.940 bits per heavy atom. The number of carboxylic acid groups (broad SMARTS) is 1. The van der Waals surface area contributed by atoms with E-state index in [-0.39, 0.29) is 38.0 Å². The zero-order valence-electron chi connectivity index (χ0n) is 65.1. The van der Waals surface area contributed by atoms with Crippen molar-refractivity contribution in [3.8, 4) is 5.75 Å². The molecule has 26 N–H and O–H groups in total. The maximum absolute atomic E-state index is 15.4. The number of nitrogens with one attached hydrogen (secondary N) is 13. The summed E-state index contributed by atoms with van der Waals surface area (Å²) in [6.45, 7) is 8.48. The Bertz CT molecular complexity index is 4430. The number of aliphatic carboxylic acids is 1. The van der Waals surface area contributed by atoms with Gasteiger partial charge in [0.25, 0.3) is 0 Å². The molecule has 0 aliphatic carbocycles. The second-order valence-electron chi connectivity index (χ2n) is 29.3. The highest BCUT2D eigenvalue weighted by Crippen LogP contribution is 2.26. The Kier molecular flexibility index (Phi) is 35.5. The number of hydrogen-bond donors (Lipinski definition) is 23. The molecule has 5 rings (SSSR count). The summed E-state index contributed by atoms with van der Waals surface area (Å²) >= 11 is 9.12. The fourth-order valence-corrected chi connectivity index (χ4v) is 12.6. The van der Waals surface area contributed by atoms with Gasteiger partial charge in [0.05, 0.1) is 19.1 Å². The van der Waals surface area contributed by atoms with Gasteiger partial charge in [0.15, 0.2) is 0 Å². The number of aromatic hydroxyl groups is 1. The zero-order chi connectivity index (χ0) is 86.7. The lowest BCUT2D eigenvalue weighted by molar-refractivity contribution is -0.140. The molecular weight excluding hydrogens is 1550 g/mol. The van der Waals surface area contributed by atoms with E-state index in [0.29, 0.717) is 38.4 Å². The Hall–Kier alpha value is -11.9. The minimum atomic E-state index is -2.11. The van der Waals surface area contributed by atoms with Crippen molar-refractivity contribution in [3.05, 3.63) is 114 Å². The van der Waals surface area contributed by atoms with Crippen LogP contribution in [-0.4, -0.2) is 215 Å². The number of fused-ring (bicyclic) bond motifs is 2. The first-order valence-corrected chi connectivity index (χ1v) is 37.8. The number of primary amides is 4. The standard InChI is InChI=1S/C76H104N18O20S2/c1-38(95)60(92-65(106)48(24-27-55(78)98)86-71(112)61(74(3,4)115)84-39(2)96)70(111)89-52(34-43-36-82-47-19-11-10-18-46(43)47)68(109)85-49(25-28-56(79)99)66(107)93-62(75(5,6)116)72(113)90-51(32-40-20-22-44(97)23-21-40)67(108)87-53(33-42-16-12-15-41-14-8-9-17-45(41)42)69(110)94-76(7,30-13-31-77)73(114)91-50(26-29-59(102)103)64(105)88-54(35-57(80)100)63(104)83-37-58(81)101/h8-12,14-23,36,38,48-54,60-62,82,95,97,115-116H,13,24-35,37,77H2,1-7H3,(H2,78,98)(H2,79,99)(H2,80,100)(H2,81,101)(H,83,104)(H,84,96)(H,85,109)(H,86,112)(H,87,108)(H,88,105)(H,89,111)(H,90,113)(H,91,114)(H,92,106)(H,93,107)(H,94,110)(H,102,103)/t38-,48+,49+,50+,51+,52+,53+,54+,60+,61-,62-,76+/m1/s1. The summed E-state index contributed by atoms with van der Waals surface area (Å²) in [5.41, 5.74) is 27.2. The van der Waals surface area contributed by atoms with Gasteiger partial charge in [-0.25, -0.2) is 0 Å². The first-order valence-electron chi connectivity index (χ1n) is 36.9. The van der Waals surface area contributed by atoms with Crippen LogP contribution in [0.2, 0.25) is 0 Å². The molecule has 0 aliphatic heterocycles. The quantitative estimate of drug-likeness (QED) is 0.0166. The van der Waals surface area contributed by atoms with E-state index in [0.717, 1.165) is 13.8 Å². The maximum atomic E-state index is 15.4. The van der Waals surface area contributed by atoms with Gasteiger partial charge in [-0.05, 0) is 126 Å². The highest BCUT2D eigenvalue weighted by Gasteiger charge is 2.44. The number of para-hydroxylation sites is 1. The van der Waals surface area contributed by atoms with Crippen LogP contribution in [0.5, 0.6) is 5.75 Å². The van der Waals surface area contributed by atoms with Crippen molar-refractivity contribution in [2.75, 3.05) is 13.1 Å². The number of aromatic amines is 1. The van der Waals surface area contributed by atoms with Crippen LogP contribution in [0.15, 0.2) is 97.2 Å². The number of amides is 16. The van der Waals surface area contributed by atoms with E-state index in [1.807, 2.05) is 0 Å². The summed E-state index contributed by atoms with van der Waals surface area (Å²) in [4.78, 5) is 236. The monoisotopic (exact) mass is 1650 g/mol. The number of carbonyl (C=O) groups excluding carboxylic acids is 16. The van der Waals surface area contributed by atoms with E-state index in [4.69, 9.17) is 41.3 Å². The molecule has 630 valence electrons. The molecule has 0 aliphatic rings. The maximum Gasteiger partial charge on any atom is 0.303 e. The van der Waals surface area contributed by atoms with Crippen molar-refractivity contribution < 1.29 is 96.8 Å². The average molecular weight is 1650 g/mol. The lowest BCUT2D eigenvalue weighted by atomic mass is 9.92. The van der Waals surface area contributed by atoms with E-state index in [2.05, 4.69) is 81.4 Å². The first kappa shape index (κ1) is 94.7. The molecule has 0 saturated carbocycles. The zero-order valence-corrected chi connectivity index (χ0v) is 66.8. The van der Waals surface area contributed by atoms with Gasteiger partial charge in [-0.1, -0.05) is 72.8 Å².